The summed E-state index contributed by atoms with van der Waals surface area (Å²) in [5.74, 6) is 0.118. The number of benzene rings is 1. The van der Waals surface area contributed by atoms with Gasteiger partial charge in [0.25, 0.3) is 5.69 Å². The van der Waals surface area contributed by atoms with Gasteiger partial charge in [-0.3, -0.25) is 14.7 Å². The number of nitro benzene ring substituents is 1. The number of halogens is 1. The quantitative estimate of drug-likeness (QED) is 0.620. The maximum atomic E-state index is 13.4. The third-order valence-corrected chi connectivity index (χ3v) is 2.75. The van der Waals surface area contributed by atoms with Crippen molar-refractivity contribution < 1.29 is 9.31 Å². The average Bonchev–Trinajstić information content (AvgIpc) is 2.79. The SMILES string of the molecule is CCc1nccn1-c1cc(C)c(F)cc1[N+](=O)[O-]. The third-order valence-electron chi connectivity index (χ3n) is 2.75. The van der Waals surface area contributed by atoms with Crippen molar-refractivity contribution in [1.29, 1.82) is 0 Å². The molecule has 18 heavy (non-hydrogen) atoms. The molecule has 1 aromatic carbocycles. The molecule has 0 N–H and O–H groups in total. The first-order chi connectivity index (χ1) is 8.54. The molecule has 0 unspecified atom stereocenters. The van der Waals surface area contributed by atoms with Gasteiger partial charge in [-0.15, -0.1) is 0 Å². The number of rotatable bonds is 3. The highest BCUT2D eigenvalue weighted by molar-refractivity contribution is 5.55. The van der Waals surface area contributed by atoms with E-state index in [1.54, 1.807) is 23.9 Å². The van der Waals surface area contributed by atoms with Gasteiger partial charge in [-0.25, -0.2) is 9.37 Å². The second-order valence-corrected chi connectivity index (χ2v) is 3.91. The molecule has 2 rings (SSSR count). The maximum absolute atomic E-state index is 13.4. The molecule has 1 aromatic heterocycles. The van der Waals surface area contributed by atoms with Crippen LogP contribution in [0.5, 0.6) is 0 Å². The first-order valence-electron chi connectivity index (χ1n) is 5.51. The Morgan fingerprint density at radius 1 is 1.50 bits per heavy atom. The number of aryl methyl sites for hydroxylation is 2. The molecule has 0 saturated heterocycles. The molecule has 0 aliphatic carbocycles. The molecule has 0 aliphatic rings. The van der Waals surface area contributed by atoms with Crippen LogP contribution >= 0.6 is 0 Å². The van der Waals surface area contributed by atoms with Crippen molar-refractivity contribution in [3.8, 4) is 5.69 Å². The smallest absolute Gasteiger partial charge is 0.296 e. The Morgan fingerprint density at radius 2 is 2.22 bits per heavy atom. The fraction of sp³-hybridized carbons (Fsp3) is 0.250. The second kappa shape index (κ2) is 4.56. The van der Waals surface area contributed by atoms with Crippen LogP contribution in [0.15, 0.2) is 24.5 Å². The fourth-order valence-electron chi connectivity index (χ4n) is 1.81. The molecule has 6 heteroatoms. The number of aromatic nitrogens is 2. The van der Waals surface area contributed by atoms with E-state index in [9.17, 15) is 14.5 Å². The lowest BCUT2D eigenvalue weighted by Gasteiger charge is -2.08. The fourth-order valence-corrected chi connectivity index (χ4v) is 1.81. The van der Waals surface area contributed by atoms with Crippen molar-refractivity contribution in [2.45, 2.75) is 20.3 Å². The van der Waals surface area contributed by atoms with E-state index < -0.39 is 10.7 Å². The zero-order valence-electron chi connectivity index (χ0n) is 10.1. The lowest BCUT2D eigenvalue weighted by atomic mass is 10.1. The Labute approximate surface area is 103 Å². The summed E-state index contributed by atoms with van der Waals surface area (Å²) >= 11 is 0. The van der Waals surface area contributed by atoms with Crippen LogP contribution in [0.3, 0.4) is 0 Å². The zero-order valence-corrected chi connectivity index (χ0v) is 10.1. The van der Waals surface area contributed by atoms with Gasteiger partial charge >= 0.3 is 0 Å². The summed E-state index contributed by atoms with van der Waals surface area (Å²) in [5.41, 5.74) is 0.449. The van der Waals surface area contributed by atoms with Crippen molar-refractivity contribution >= 4 is 5.69 Å². The zero-order chi connectivity index (χ0) is 13.3. The van der Waals surface area contributed by atoms with Crippen LogP contribution in [0.1, 0.15) is 18.3 Å². The summed E-state index contributed by atoms with van der Waals surface area (Å²) in [4.78, 5) is 14.5. The van der Waals surface area contributed by atoms with Gasteiger partial charge in [0.15, 0.2) is 0 Å². The molecule has 0 fully saturated rings. The Morgan fingerprint density at radius 3 is 2.83 bits per heavy atom. The van der Waals surface area contributed by atoms with E-state index in [0.29, 0.717) is 23.5 Å². The highest BCUT2D eigenvalue weighted by Gasteiger charge is 2.19. The van der Waals surface area contributed by atoms with Crippen LogP contribution < -0.4 is 0 Å². The van der Waals surface area contributed by atoms with Gasteiger partial charge in [0.2, 0.25) is 0 Å². The normalized spacial score (nSPS) is 10.6. The topological polar surface area (TPSA) is 61.0 Å². The summed E-state index contributed by atoms with van der Waals surface area (Å²) in [6.45, 7) is 3.48. The summed E-state index contributed by atoms with van der Waals surface area (Å²) < 4.78 is 15.0. The first-order valence-corrected chi connectivity index (χ1v) is 5.51. The molecule has 0 aliphatic heterocycles. The van der Waals surface area contributed by atoms with Crippen LogP contribution in [0, 0.1) is 22.9 Å². The second-order valence-electron chi connectivity index (χ2n) is 3.91. The van der Waals surface area contributed by atoms with Crippen molar-refractivity contribution in [1.82, 2.24) is 9.55 Å². The molecule has 94 valence electrons. The van der Waals surface area contributed by atoms with Crippen LogP contribution in [-0.2, 0) is 6.42 Å². The monoisotopic (exact) mass is 249 g/mol. The van der Waals surface area contributed by atoms with Gasteiger partial charge < -0.3 is 0 Å². The molecule has 2 aromatic rings. The Bertz CT molecular complexity index is 607. The highest BCUT2D eigenvalue weighted by atomic mass is 19.1. The van der Waals surface area contributed by atoms with E-state index in [0.717, 1.165) is 6.07 Å². The minimum absolute atomic E-state index is 0.259. The average molecular weight is 249 g/mol. The lowest BCUT2D eigenvalue weighted by molar-refractivity contribution is -0.384. The molecule has 0 amide bonds. The predicted molar refractivity (Wildman–Crippen MR) is 64.3 cm³/mol. The molecule has 0 radical (unpaired) electrons. The molecule has 0 saturated carbocycles. The number of nitro groups is 1. The van der Waals surface area contributed by atoms with Crippen LogP contribution in [-0.4, -0.2) is 14.5 Å². The summed E-state index contributed by atoms with van der Waals surface area (Å²) in [7, 11) is 0. The molecule has 1 heterocycles. The molecule has 0 spiro atoms. The van der Waals surface area contributed by atoms with Crippen molar-refractivity contribution in [2.75, 3.05) is 0 Å². The van der Waals surface area contributed by atoms with Crippen molar-refractivity contribution in [3.05, 3.63) is 51.8 Å². The number of nitrogens with zero attached hydrogens (tertiary/aromatic N) is 3. The molecule has 0 atom stereocenters. The molecule has 0 bridgehead atoms. The van der Waals surface area contributed by atoms with Crippen molar-refractivity contribution in [2.24, 2.45) is 0 Å². The Balaban J connectivity index is 2.70. The van der Waals surface area contributed by atoms with Crippen molar-refractivity contribution in [3.63, 3.8) is 0 Å². The molecular weight excluding hydrogens is 237 g/mol. The Kier molecular flexibility index (Phi) is 3.10. The van der Waals surface area contributed by atoms with E-state index in [-0.39, 0.29) is 5.69 Å². The van der Waals surface area contributed by atoms with E-state index in [4.69, 9.17) is 0 Å². The minimum atomic E-state index is -0.586. The minimum Gasteiger partial charge on any atom is -0.298 e. The third kappa shape index (κ3) is 1.97. The van der Waals surface area contributed by atoms with Gasteiger partial charge in [0.05, 0.1) is 11.0 Å². The first kappa shape index (κ1) is 12.2. The number of imidazole rings is 1. The van der Waals surface area contributed by atoms with Gasteiger partial charge in [0, 0.05) is 18.8 Å². The van der Waals surface area contributed by atoms with Crippen LogP contribution in [0.25, 0.3) is 5.69 Å². The highest BCUT2D eigenvalue weighted by Crippen LogP contribution is 2.27. The summed E-state index contributed by atoms with van der Waals surface area (Å²) in [6, 6.07) is 2.42. The summed E-state index contributed by atoms with van der Waals surface area (Å²) in [6.07, 6.45) is 3.85. The van der Waals surface area contributed by atoms with Gasteiger partial charge in [0.1, 0.15) is 17.3 Å². The number of hydrogen-bond acceptors (Lipinski definition) is 3. The van der Waals surface area contributed by atoms with E-state index in [2.05, 4.69) is 4.98 Å². The van der Waals surface area contributed by atoms with Gasteiger partial charge in [-0.1, -0.05) is 6.92 Å². The van der Waals surface area contributed by atoms with Crippen LogP contribution in [0.4, 0.5) is 10.1 Å². The van der Waals surface area contributed by atoms with E-state index >= 15 is 0 Å². The van der Waals surface area contributed by atoms with Gasteiger partial charge in [-0.05, 0) is 18.6 Å². The lowest BCUT2D eigenvalue weighted by Crippen LogP contribution is -2.04. The molecular formula is C12H12FN3O2. The van der Waals surface area contributed by atoms with Crippen LogP contribution in [0.2, 0.25) is 0 Å². The van der Waals surface area contributed by atoms with E-state index in [1.807, 2.05) is 6.92 Å². The molecule has 5 nitrogen and oxygen atoms in total. The number of hydrogen-bond donors (Lipinski definition) is 0. The van der Waals surface area contributed by atoms with E-state index in [1.165, 1.54) is 6.07 Å². The summed E-state index contributed by atoms with van der Waals surface area (Å²) in [5, 5.41) is 11.0. The maximum Gasteiger partial charge on any atom is 0.296 e. The standard InChI is InChI=1S/C12H12FN3O2/c1-3-12-14-4-5-15(12)10-6-8(2)9(13)7-11(10)16(17)18/h4-7H,3H2,1-2H3. The van der Waals surface area contributed by atoms with Gasteiger partial charge in [-0.2, -0.15) is 0 Å². The predicted octanol–water partition coefficient (Wildman–Crippen LogP) is 2.79. The largest absolute Gasteiger partial charge is 0.298 e. The Hall–Kier alpha value is -2.24.